The number of hydrogen-bond donors (Lipinski definition) is 0. The number of hydrogen-bond acceptors (Lipinski definition) is 3. The van der Waals surface area contributed by atoms with E-state index in [0.717, 1.165) is 16.9 Å². The van der Waals surface area contributed by atoms with Crippen LogP contribution >= 0.6 is 0 Å². The maximum Gasteiger partial charge on any atom is 0.196 e. The van der Waals surface area contributed by atoms with E-state index in [9.17, 15) is 4.79 Å². The first-order chi connectivity index (χ1) is 9.08. The summed E-state index contributed by atoms with van der Waals surface area (Å²) in [5, 5.41) is 0. The van der Waals surface area contributed by atoms with Crippen molar-refractivity contribution in [3.05, 3.63) is 57.5 Å². The van der Waals surface area contributed by atoms with E-state index < -0.39 is 0 Å². The first kappa shape index (κ1) is 12.2. The second-order valence-corrected chi connectivity index (χ2v) is 5.02. The van der Waals surface area contributed by atoms with Gasteiger partial charge in [-0.1, -0.05) is 12.1 Å². The van der Waals surface area contributed by atoms with Crippen LogP contribution in [0.5, 0.6) is 0 Å². The van der Waals surface area contributed by atoms with Crippen LogP contribution in [0, 0.1) is 20.8 Å². The summed E-state index contributed by atoms with van der Waals surface area (Å²) < 4.78 is 10.9. The molecule has 0 amide bonds. The molecule has 0 saturated heterocycles. The molecule has 0 saturated carbocycles. The normalized spacial score (nSPS) is 13.6. The Balaban J connectivity index is 2.05. The third-order valence-electron chi connectivity index (χ3n) is 3.77. The van der Waals surface area contributed by atoms with E-state index in [4.69, 9.17) is 9.15 Å². The number of carbonyl (C=O) groups excluding carboxylic acids is 1. The van der Waals surface area contributed by atoms with Gasteiger partial charge in [-0.2, -0.15) is 0 Å². The minimum absolute atomic E-state index is 0.0292. The van der Waals surface area contributed by atoms with Crippen molar-refractivity contribution in [2.45, 2.75) is 34.0 Å². The Hall–Kier alpha value is -1.87. The van der Waals surface area contributed by atoms with Gasteiger partial charge in [0.05, 0.1) is 18.8 Å². The number of aryl methyl sites for hydroxylation is 2. The van der Waals surface area contributed by atoms with Crippen molar-refractivity contribution < 1.29 is 13.9 Å². The quantitative estimate of drug-likeness (QED) is 0.772. The van der Waals surface area contributed by atoms with Gasteiger partial charge < -0.3 is 9.15 Å². The molecule has 0 fully saturated rings. The molecule has 0 spiro atoms. The zero-order chi connectivity index (χ0) is 13.6. The van der Waals surface area contributed by atoms with Crippen LogP contribution in [0.2, 0.25) is 0 Å². The number of furan rings is 1. The van der Waals surface area contributed by atoms with Gasteiger partial charge in [0.1, 0.15) is 11.5 Å². The van der Waals surface area contributed by atoms with Crippen molar-refractivity contribution in [2.24, 2.45) is 0 Å². The maximum atomic E-state index is 12.6. The molecule has 1 aromatic heterocycles. The molecule has 3 heteroatoms. The molecule has 98 valence electrons. The Bertz CT molecular complexity index is 665. The third kappa shape index (κ3) is 1.90. The van der Waals surface area contributed by atoms with Crippen molar-refractivity contribution in [1.29, 1.82) is 0 Å². The lowest BCUT2D eigenvalue weighted by Crippen LogP contribution is -2.04. The van der Waals surface area contributed by atoms with Crippen LogP contribution < -0.4 is 0 Å². The summed E-state index contributed by atoms with van der Waals surface area (Å²) in [5.74, 6) is 1.53. The van der Waals surface area contributed by atoms with Gasteiger partial charge >= 0.3 is 0 Å². The zero-order valence-electron chi connectivity index (χ0n) is 11.4. The van der Waals surface area contributed by atoms with Gasteiger partial charge in [-0.15, -0.1) is 0 Å². The summed E-state index contributed by atoms with van der Waals surface area (Å²) >= 11 is 0. The fourth-order valence-corrected chi connectivity index (χ4v) is 2.59. The molecule has 0 atom stereocenters. The van der Waals surface area contributed by atoms with Gasteiger partial charge in [-0.05, 0) is 38.0 Å². The van der Waals surface area contributed by atoms with Gasteiger partial charge in [-0.3, -0.25) is 4.79 Å². The summed E-state index contributed by atoms with van der Waals surface area (Å²) in [5.41, 5.74) is 4.61. The van der Waals surface area contributed by atoms with E-state index >= 15 is 0 Å². The van der Waals surface area contributed by atoms with Crippen LogP contribution in [-0.4, -0.2) is 5.78 Å². The Kier molecular flexibility index (Phi) is 2.79. The van der Waals surface area contributed by atoms with Gasteiger partial charge in [0.15, 0.2) is 5.78 Å². The van der Waals surface area contributed by atoms with Crippen LogP contribution in [-0.2, 0) is 18.0 Å². The number of ketones is 1. The van der Waals surface area contributed by atoms with E-state index in [1.165, 1.54) is 5.56 Å². The Morgan fingerprint density at radius 2 is 1.79 bits per heavy atom. The molecule has 1 aliphatic heterocycles. The second kappa shape index (κ2) is 4.35. The molecule has 2 aromatic rings. The van der Waals surface area contributed by atoms with Crippen molar-refractivity contribution in [1.82, 2.24) is 0 Å². The molecule has 0 N–H and O–H groups in total. The molecule has 0 bridgehead atoms. The van der Waals surface area contributed by atoms with E-state index in [1.807, 2.05) is 39.0 Å². The maximum absolute atomic E-state index is 12.6. The average molecular weight is 256 g/mol. The lowest BCUT2D eigenvalue weighted by Gasteiger charge is -2.04. The van der Waals surface area contributed by atoms with Crippen LogP contribution in [0.25, 0.3) is 0 Å². The van der Waals surface area contributed by atoms with Crippen LogP contribution in [0.4, 0.5) is 0 Å². The summed E-state index contributed by atoms with van der Waals surface area (Å²) in [6.07, 6.45) is 0. The van der Waals surface area contributed by atoms with Crippen molar-refractivity contribution in [3.8, 4) is 0 Å². The number of rotatable bonds is 2. The minimum atomic E-state index is 0.0292. The lowest BCUT2D eigenvalue weighted by atomic mass is 9.97. The van der Waals surface area contributed by atoms with E-state index in [-0.39, 0.29) is 5.78 Å². The first-order valence-corrected chi connectivity index (χ1v) is 6.38. The summed E-state index contributed by atoms with van der Waals surface area (Å²) in [7, 11) is 0. The van der Waals surface area contributed by atoms with Gasteiger partial charge in [0.25, 0.3) is 0 Å². The third-order valence-corrected chi connectivity index (χ3v) is 3.77. The number of fused-ring (bicyclic) bond motifs is 1. The molecular formula is C16H16O3. The number of ether oxygens (including phenoxy) is 1. The van der Waals surface area contributed by atoms with Gasteiger partial charge in [-0.25, -0.2) is 0 Å². The average Bonchev–Trinajstić information content (AvgIpc) is 2.94. The molecule has 3 nitrogen and oxygen atoms in total. The molecule has 1 aliphatic rings. The molecule has 3 rings (SSSR count). The van der Waals surface area contributed by atoms with E-state index in [1.54, 1.807) is 0 Å². The Labute approximate surface area is 112 Å². The molecule has 1 aromatic carbocycles. The molecule has 2 heterocycles. The lowest BCUT2D eigenvalue weighted by molar-refractivity contribution is 0.103. The fraction of sp³-hybridized carbons (Fsp3) is 0.312. The van der Waals surface area contributed by atoms with E-state index in [2.05, 4.69) is 0 Å². The summed E-state index contributed by atoms with van der Waals surface area (Å²) in [6.45, 7) is 6.89. The van der Waals surface area contributed by atoms with Gasteiger partial charge in [0, 0.05) is 11.1 Å². The summed E-state index contributed by atoms with van der Waals surface area (Å²) in [6, 6.07) is 5.79. The number of benzene rings is 1. The van der Waals surface area contributed by atoms with Crippen molar-refractivity contribution in [3.63, 3.8) is 0 Å². The molecule has 0 radical (unpaired) electrons. The van der Waals surface area contributed by atoms with Crippen LogP contribution in [0.3, 0.4) is 0 Å². The first-order valence-electron chi connectivity index (χ1n) is 6.38. The molecule has 0 unspecified atom stereocenters. The van der Waals surface area contributed by atoms with Crippen molar-refractivity contribution >= 4 is 5.78 Å². The minimum Gasteiger partial charge on any atom is -0.466 e. The fourth-order valence-electron chi connectivity index (χ4n) is 2.59. The standard InChI is InChI=1S/C16H16O3/c1-9-10(2)19-11(3)15(9)16(17)12-4-5-13-7-18-8-14(13)6-12/h4-6H,7-8H2,1-3H3. The molecule has 0 aliphatic carbocycles. The Morgan fingerprint density at radius 3 is 2.47 bits per heavy atom. The largest absolute Gasteiger partial charge is 0.466 e. The highest BCUT2D eigenvalue weighted by atomic mass is 16.5. The van der Waals surface area contributed by atoms with Gasteiger partial charge in [0.2, 0.25) is 0 Å². The Morgan fingerprint density at radius 1 is 1.05 bits per heavy atom. The molecular weight excluding hydrogens is 240 g/mol. The number of carbonyl (C=O) groups is 1. The predicted molar refractivity (Wildman–Crippen MR) is 71.3 cm³/mol. The van der Waals surface area contributed by atoms with Crippen molar-refractivity contribution in [2.75, 3.05) is 0 Å². The molecule has 19 heavy (non-hydrogen) atoms. The monoisotopic (exact) mass is 256 g/mol. The highest BCUT2D eigenvalue weighted by molar-refractivity contribution is 6.10. The van der Waals surface area contributed by atoms with E-state index in [0.29, 0.717) is 30.1 Å². The topological polar surface area (TPSA) is 39.4 Å². The summed E-state index contributed by atoms with van der Waals surface area (Å²) in [4.78, 5) is 12.6. The zero-order valence-corrected chi connectivity index (χ0v) is 11.4. The SMILES string of the molecule is Cc1oc(C)c(C(=O)c2ccc3c(c2)COC3)c1C. The van der Waals surface area contributed by atoms with Crippen LogP contribution in [0.15, 0.2) is 22.6 Å². The predicted octanol–water partition coefficient (Wildman–Crippen LogP) is 3.47. The highest BCUT2D eigenvalue weighted by Gasteiger charge is 2.21. The highest BCUT2D eigenvalue weighted by Crippen LogP contribution is 2.26. The smallest absolute Gasteiger partial charge is 0.196 e. The van der Waals surface area contributed by atoms with Crippen LogP contribution in [0.1, 0.15) is 44.1 Å². The second-order valence-electron chi connectivity index (χ2n) is 5.02.